The summed E-state index contributed by atoms with van der Waals surface area (Å²) in [5, 5.41) is 1.98. The molecule has 4 heteroatoms. The second kappa shape index (κ2) is 4.19. The second-order valence-corrected chi connectivity index (χ2v) is 3.52. The molecule has 0 atom stereocenters. The summed E-state index contributed by atoms with van der Waals surface area (Å²) in [5.74, 6) is -1.04. The molecule has 0 aromatic carbocycles. The first kappa shape index (κ1) is 10.7. The Hall–Kier alpha value is -0.420. The lowest BCUT2D eigenvalue weighted by atomic mass is 10.2. The average molecular weight is 202 g/mol. The van der Waals surface area contributed by atoms with Gasteiger partial charge in [0, 0.05) is 21.3 Å². The van der Waals surface area contributed by atoms with Gasteiger partial charge in [0.05, 0.1) is 4.88 Å². The van der Waals surface area contributed by atoms with Crippen LogP contribution >= 0.6 is 11.3 Å². The summed E-state index contributed by atoms with van der Waals surface area (Å²) in [7, 11) is 4.68. The topological polar surface area (TPSA) is 27.7 Å². The van der Waals surface area contributed by atoms with E-state index in [2.05, 4.69) is 0 Å². The van der Waals surface area contributed by atoms with Crippen LogP contribution in [0.2, 0.25) is 0 Å². The molecule has 0 aliphatic carbocycles. The van der Waals surface area contributed by atoms with Crippen LogP contribution in [0.5, 0.6) is 0 Å². The van der Waals surface area contributed by atoms with Crippen molar-refractivity contribution < 1.29 is 14.2 Å². The molecule has 0 saturated heterocycles. The van der Waals surface area contributed by atoms with E-state index in [1.165, 1.54) is 0 Å². The van der Waals surface area contributed by atoms with E-state index in [0.717, 1.165) is 10.4 Å². The van der Waals surface area contributed by atoms with Gasteiger partial charge in [0.25, 0.3) is 0 Å². The van der Waals surface area contributed by atoms with Gasteiger partial charge in [-0.1, -0.05) is 0 Å². The fourth-order valence-corrected chi connectivity index (χ4v) is 2.27. The highest BCUT2D eigenvalue weighted by Crippen LogP contribution is 2.33. The Balaban J connectivity index is 3.07. The maximum Gasteiger partial charge on any atom is 0.321 e. The van der Waals surface area contributed by atoms with Crippen molar-refractivity contribution in [3.63, 3.8) is 0 Å². The van der Waals surface area contributed by atoms with E-state index in [9.17, 15) is 0 Å². The summed E-state index contributed by atoms with van der Waals surface area (Å²) in [5.41, 5.74) is 1.11. The standard InChI is InChI=1S/C9H14O3S/c1-7-5-6-13-8(7)9(10-2,11-3)12-4/h5-6H,1-4H3. The quantitative estimate of drug-likeness (QED) is 0.700. The Labute approximate surface area is 82.2 Å². The van der Waals surface area contributed by atoms with Crippen molar-refractivity contribution in [2.45, 2.75) is 12.9 Å². The van der Waals surface area contributed by atoms with Crippen molar-refractivity contribution in [2.24, 2.45) is 0 Å². The third-order valence-corrected chi connectivity index (χ3v) is 3.03. The van der Waals surface area contributed by atoms with E-state index < -0.39 is 5.97 Å². The molecule has 0 bridgehead atoms. The lowest BCUT2D eigenvalue weighted by Gasteiger charge is -2.28. The molecule has 0 amide bonds. The summed E-state index contributed by atoms with van der Waals surface area (Å²) >= 11 is 1.56. The highest BCUT2D eigenvalue weighted by molar-refractivity contribution is 7.10. The fourth-order valence-electron chi connectivity index (χ4n) is 1.21. The van der Waals surface area contributed by atoms with Crippen LogP contribution in [0.1, 0.15) is 10.4 Å². The van der Waals surface area contributed by atoms with Crippen LogP contribution in [0.4, 0.5) is 0 Å². The van der Waals surface area contributed by atoms with Crippen LogP contribution < -0.4 is 0 Å². The van der Waals surface area contributed by atoms with E-state index in [1.54, 1.807) is 32.7 Å². The summed E-state index contributed by atoms with van der Waals surface area (Å²) in [6, 6.07) is 2.01. The van der Waals surface area contributed by atoms with Crippen molar-refractivity contribution in [1.82, 2.24) is 0 Å². The molecular formula is C9H14O3S. The monoisotopic (exact) mass is 202 g/mol. The predicted molar refractivity (Wildman–Crippen MR) is 51.8 cm³/mol. The van der Waals surface area contributed by atoms with Gasteiger partial charge in [0.15, 0.2) is 0 Å². The molecule has 0 unspecified atom stereocenters. The third-order valence-electron chi connectivity index (χ3n) is 1.95. The highest BCUT2D eigenvalue weighted by atomic mass is 32.1. The van der Waals surface area contributed by atoms with Gasteiger partial charge in [0.1, 0.15) is 0 Å². The zero-order valence-corrected chi connectivity index (χ0v) is 9.10. The molecule has 0 fully saturated rings. The first-order valence-corrected chi connectivity index (χ1v) is 4.78. The lowest BCUT2D eigenvalue weighted by Crippen LogP contribution is -2.32. The first-order chi connectivity index (χ1) is 6.20. The number of methoxy groups -OCH3 is 3. The Morgan fingerprint density at radius 2 is 1.69 bits per heavy atom. The minimum absolute atomic E-state index is 0.944. The molecule has 1 heterocycles. The van der Waals surface area contributed by atoms with Gasteiger partial charge in [-0.25, -0.2) is 0 Å². The summed E-state index contributed by atoms with van der Waals surface area (Å²) in [6.45, 7) is 2.00. The zero-order valence-electron chi connectivity index (χ0n) is 8.29. The molecule has 13 heavy (non-hydrogen) atoms. The third kappa shape index (κ3) is 1.76. The van der Waals surface area contributed by atoms with Crippen molar-refractivity contribution >= 4 is 11.3 Å². The molecule has 0 aliphatic heterocycles. The van der Waals surface area contributed by atoms with Gasteiger partial charge < -0.3 is 14.2 Å². The lowest BCUT2D eigenvalue weighted by molar-refractivity contribution is -0.362. The Morgan fingerprint density at radius 3 is 2.00 bits per heavy atom. The first-order valence-electron chi connectivity index (χ1n) is 3.90. The normalized spacial score (nSPS) is 12.0. The maximum absolute atomic E-state index is 5.23. The SMILES string of the molecule is COC(OC)(OC)c1sccc1C. The number of hydrogen-bond acceptors (Lipinski definition) is 4. The predicted octanol–water partition coefficient (Wildman–Crippen LogP) is 2.11. The van der Waals surface area contributed by atoms with Crippen LogP contribution in [0.3, 0.4) is 0 Å². The number of aryl methyl sites for hydroxylation is 1. The van der Waals surface area contributed by atoms with Crippen LogP contribution in [0.15, 0.2) is 11.4 Å². The van der Waals surface area contributed by atoms with E-state index in [-0.39, 0.29) is 0 Å². The van der Waals surface area contributed by atoms with Crippen molar-refractivity contribution in [3.8, 4) is 0 Å². The van der Waals surface area contributed by atoms with Crippen molar-refractivity contribution in [3.05, 3.63) is 21.9 Å². The molecule has 1 aromatic heterocycles. The Kier molecular flexibility index (Phi) is 3.44. The molecular weight excluding hydrogens is 188 g/mol. The molecule has 0 radical (unpaired) electrons. The summed E-state index contributed by atoms with van der Waals surface area (Å²) < 4.78 is 15.7. The van der Waals surface area contributed by atoms with Crippen LogP contribution in [0, 0.1) is 6.92 Å². The molecule has 3 nitrogen and oxygen atoms in total. The van der Waals surface area contributed by atoms with E-state index in [1.807, 2.05) is 18.4 Å². The minimum Gasteiger partial charge on any atom is -0.326 e. The number of hydrogen-bond donors (Lipinski definition) is 0. The largest absolute Gasteiger partial charge is 0.326 e. The second-order valence-electron chi connectivity index (χ2n) is 2.60. The van der Waals surface area contributed by atoms with Crippen LogP contribution in [0.25, 0.3) is 0 Å². The minimum atomic E-state index is -1.04. The van der Waals surface area contributed by atoms with Gasteiger partial charge in [-0.2, -0.15) is 0 Å². The smallest absolute Gasteiger partial charge is 0.321 e. The van der Waals surface area contributed by atoms with Crippen molar-refractivity contribution in [1.29, 1.82) is 0 Å². The van der Waals surface area contributed by atoms with Gasteiger partial charge in [-0.05, 0) is 23.9 Å². The van der Waals surface area contributed by atoms with E-state index in [4.69, 9.17) is 14.2 Å². The molecule has 0 N–H and O–H groups in total. The molecule has 1 rings (SSSR count). The maximum atomic E-state index is 5.23. The van der Waals surface area contributed by atoms with E-state index in [0.29, 0.717) is 0 Å². The van der Waals surface area contributed by atoms with Gasteiger partial charge in [0.2, 0.25) is 0 Å². The van der Waals surface area contributed by atoms with E-state index >= 15 is 0 Å². The van der Waals surface area contributed by atoms with Gasteiger partial charge in [-0.3, -0.25) is 0 Å². The zero-order chi connectivity index (χ0) is 9.90. The number of rotatable bonds is 4. The molecule has 0 spiro atoms. The molecule has 1 aromatic rings. The van der Waals surface area contributed by atoms with Crippen LogP contribution in [-0.4, -0.2) is 21.3 Å². The summed E-state index contributed by atoms with van der Waals surface area (Å²) in [6.07, 6.45) is 0. The Morgan fingerprint density at radius 1 is 1.15 bits per heavy atom. The highest BCUT2D eigenvalue weighted by Gasteiger charge is 2.35. The van der Waals surface area contributed by atoms with Gasteiger partial charge >= 0.3 is 5.97 Å². The average Bonchev–Trinajstić information content (AvgIpc) is 2.57. The molecule has 74 valence electrons. The van der Waals surface area contributed by atoms with Gasteiger partial charge in [-0.15, -0.1) is 11.3 Å². The van der Waals surface area contributed by atoms with Crippen molar-refractivity contribution in [2.75, 3.05) is 21.3 Å². The Bertz CT molecular complexity index is 257. The molecule has 0 aliphatic rings. The molecule has 0 saturated carbocycles. The number of ether oxygens (including phenoxy) is 3. The number of thiophene rings is 1. The van der Waals surface area contributed by atoms with Crippen LogP contribution in [-0.2, 0) is 20.2 Å². The summed E-state index contributed by atoms with van der Waals surface area (Å²) in [4.78, 5) is 0.944. The fraction of sp³-hybridized carbons (Fsp3) is 0.556.